The van der Waals surface area contributed by atoms with Crippen LogP contribution in [0.25, 0.3) is 0 Å². The summed E-state index contributed by atoms with van der Waals surface area (Å²) in [6.07, 6.45) is 11.6. The SMILES string of the molecule is Cn1cccc1CCNC(=O)NC1CCC(CCN2C3CCC2c2ccccc23)CC1. The molecule has 31 heavy (non-hydrogen) atoms. The maximum atomic E-state index is 12.3. The van der Waals surface area contributed by atoms with Crippen molar-refractivity contribution in [3.05, 3.63) is 59.4 Å². The Morgan fingerprint density at radius 2 is 1.68 bits per heavy atom. The molecule has 2 fully saturated rings. The van der Waals surface area contributed by atoms with Crippen LogP contribution in [-0.4, -0.2) is 34.6 Å². The van der Waals surface area contributed by atoms with Gasteiger partial charge in [0.05, 0.1) is 0 Å². The molecule has 5 nitrogen and oxygen atoms in total. The number of benzene rings is 1. The van der Waals surface area contributed by atoms with Crippen molar-refractivity contribution in [1.82, 2.24) is 20.1 Å². The molecule has 1 aromatic carbocycles. The lowest BCUT2D eigenvalue weighted by Crippen LogP contribution is -2.44. The van der Waals surface area contributed by atoms with Crippen molar-refractivity contribution >= 4 is 6.03 Å². The standard InChI is InChI=1S/C26H36N4O/c1-29-17-4-5-21(29)14-16-27-26(31)28-20-10-8-19(9-11-20)15-18-30-24-12-13-25(30)23-7-3-2-6-22(23)24/h2-7,17,19-20,24-25H,8-16,18H2,1H3,(H2,27,28,31). The maximum absolute atomic E-state index is 12.3. The first-order chi connectivity index (χ1) is 15.2. The Hall–Kier alpha value is -2.27. The average molecular weight is 421 g/mol. The van der Waals surface area contributed by atoms with Crippen LogP contribution in [0.2, 0.25) is 0 Å². The number of amides is 2. The summed E-state index contributed by atoms with van der Waals surface area (Å²) in [4.78, 5) is 15.0. The van der Waals surface area contributed by atoms with Gasteiger partial charge in [-0.1, -0.05) is 24.3 Å². The Kier molecular flexibility index (Phi) is 6.04. The number of fused-ring (bicyclic) bond motifs is 5. The van der Waals surface area contributed by atoms with Gasteiger partial charge in [0.25, 0.3) is 0 Å². The van der Waals surface area contributed by atoms with E-state index in [0.717, 1.165) is 25.2 Å². The molecule has 1 aliphatic carbocycles. The van der Waals surface area contributed by atoms with Gasteiger partial charge in [-0.15, -0.1) is 0 Å². The van der Waals surface area contributed by atoms with Gasteiger partial charge in [0.1, 0.15) is 0 Å². The molecule has 2 amide bonds. The highest BCUT2D eigenvalue weighted by Gasteiger charge is 2.43. The molecule has 1 saturated heterocycles. The first-order valence-corrected chi connectivity index (χ1v) is 12.2. The van der Waals surface area contributed by atoms with Crippen molar-refractivity contribution in [2.45, 2.75) is 69.5 Å². The van der Waals surface area contributed by atoms with E-state index in [9.17, 15) is 4.79 Å². The number of nitrogens with zero attached hydrogens (tertiary/aromatic N) is 2. The largest absolute Gasteiger partial charge is 0.354 e. The van der Waals surface area contributed by atoms with E-state index in [4.69, 9.17) is 0 Å². The Morgan fingerprint density at radius 3 is 2.32 bits per heavy atom. The van der Waals surface area contributed by atoms with E-state index in [1.165, 1.54) is 44.3 Å². The lowest BCUT2D eigenvalue weighted by Gasteiger charge is -2.31. The Bertz CT molecular complexity index is 867. The van der Waals surface area contributed by atoms with Gasteiger partial charge in [-0.3, -0.25) is 4.90 Å². The number of hydrogen-bond donors (Lipinski definition) is 2. The summed E-state index contributed by atoms with van der Waals surface area (Å²) >= 11 is 0. The predicted octanol–water partition coefficient (Wildman–Crippen LogP) is 4.71. The van der Waals surface area contributed by atoms with Gasteiger partial charge < -0.3 is 15.2 Å². The Balaban J connectivity index is 1.01. The van der Waals surface area contributed by atoms with Crippen LogP contribution in [0.1, 0.15) is 73.9 Å². The molecule has 2 N–H and O–H groups in total. The summed E-state index contributed by atoms with van der Waals surface area (Å²) in [6.45, 7) is 1.91. The molecule has 2 atom stereocenters. The van der Waals surface area contributed by atoms with Crippen LogP contribution in [0.3, 0.4) is 0 Å². The molecule has 1 aromatic heterocycles. The topological polar surface area (TPSA) is 49.3 Å². The van der Waals surface area contributed by atoms with Gasteiger partial charge in [-0.25, -0.2) is 4.79 Å². The van der Waals surface area contributed by atoms with Gasteiger partial charge in [-0.2, -0.15) is 0 Å². The minimum absolute atomic E-state index is 0.0101. The first kappa shape index (κ1) is 20.6. The molecule has 5 heteroatoms. The lowest BCUT2D eigenvalue weighted by atomic mass is 9.84. The summed E-state index contributed by atoms with van der Waals surface area (Å²) in [5, 5.41) is 6.22. The van der Waals surface area contributed by atoms with Crippen molar-refractivity contribution in [2.75, 3.05) is 13.1 Å². The highest BCUT2D eigenvalue weighted by molar-refractivity contribution is 5.74. The van der Waals surface area contributed by atoms with E-state index in [0.29, 0.717) is 24.7 Å². The normalized spacial score (nSPS) is 27.3. The summed E-state index contributed by atoms with van der Waals surface area (Å²) in [6, 6.07) is 14.9. The number of hydrogen-bond acceptors (Lipinski definition) is 2. The van der Waals surface area contributed by atoms with E-state index >= 15 is 0 Å². The number of aryl methyl sites for hydroxylation is 1. The Labute approximate surface area is 186 Å². The number of nitrogens with one attached hydrogen (secondary N) is 2. The molecule has 2 aliphatic heterocycles. The maximum Gasteiger partial charge on any atom is 0.315 e. The van der Waals surface area contributed by atoms with Crippen molar-refractivity contribution < 1.29 is 4.79 Å². The molecule has 166 valence electrons. The van der Waals surface area contributed by atoms with Crippen molar-refractivity contribution in [2.24, 2.45) is 13.0 Å². The highest BCUT2D eigenvalue weighted by Crippen LogP contribution is 2.53. The van der Waals surface area contributed by atoms with E-state index in [-0.39, 0.29) is 6.03 Å². The number of rotatable bonds is 7. The second-order valence-electron chi connectivity index (χ2n) is 9.74. The van der Waals surface area contributed by atoms with Crippen LogP contribution in [0.15, 0.2) is 42.6 Å². The fraction of sp³-hybridized carbons (Fsp3) is 0.577. The van der Waals surface area contributed by atoms with Gasteiger partial charge in [0.15, 0.2) is 0 Å². The molecule has 2 bridgehead atoms. The second kappa shape index (κ2) is 9.07. The van der Waals surface area contributed by atoms with Gasteiger partial charge in [0, 0.05) is 50.0 Å². The second-order valence-corrected chi connectivity index (χ2v) is 9.74. The van der Waals surface area contributed by atoms with Crippen molar-refractivity contribution in [3.8, 4) is 0 Å². The summed E-state index contributed by atoms with van der Waals surface area (Å²) in [7, 11) is 2.04. The zero-order chi connectivity index (χ0) is 21.2. The lowest BCUT2D eigenvalue weighted by molar-refractivity contribution is 0.185. The van der Waals surface area contributed by atoms with Crippen molar-refractivity contribution in [3.63, 3.8) is 0 Å². The Morgan fingerprint density at radius 1 is 0.968 bits per heavy atom. The minimum Gasteiger partial charge on any atom is -0.354 e. The van der Waals surface area contributed by atoms with Gasteiger partial charge >= 0.3 is 6.03 Å². The van der Waals surface area contributed by atoms with Gasteiger partial charge in [0.2, 0.25) is 0 Å². The molecule has 0 radical (unpaired) electrons. The molecular weight excluding hydrogens is 384 g/mol. The fourth-order valence-corrected chi connectivity index (χ4v) is 6.19. The van der Waals surface area contributed by atoms with Crippen LogP contribution in [0.4, 0.5) is 4.79 Å². The fourth-order valence-electron chi connectivity index (χ4n) is 6.19. The van der Waals surface area contributed by atoms with Crippen LogP contribution in [0, 0.1) is 5.92 Å². The van der Waals surface area contributed by atoms with Crippen LogP contribution in [0.5, 0.6) is 0 Å². The van der Waals surface area contributed by atoms with Gasteiger partial charge in [-0.05, 0) is 80.7 Å². The third-order valence-corrected chi connectivity index (χ3v) is 7.92. The summed E-state index contributed by atoms with van der Waals surface area (Å²) in [5.74, 6) is 0.807. The molecule has 5 rings (SSSR count). The minimum atomic E-state index is -0.0101. The number of carbonyl (C=O) groups excluding carboxylic acids is 1. The molecular formula is C26H36N4O. The summed E-state index contributed by atoms with van der Waals surface area (Å²) in [5.41, 5.74) is 4.42. The van der Waals surface area contributed by atoms with E-state index in [1.807, 2.05) is 19.3 Å². The number of aromatic nitrogens is 1. The predicted molar refractivity (Wildman–Crippen MR) is 124 cm³/mol. The molecule has 1 saturated carbocycles. The van der Waals surface area contributed by atoms with E-state index in [2.05, 4.69) is 50.4 Å². The zero-order valence-corrected chi connectivity index (χ0v) is 18.7. The number of carbonyl (C=O) groups is 1. The molecule has 3 aliphatic rings. The first-order valence-electron chi connectivity index (χ1n) is 12.2. The highest BCUT2D eigenvalue weighted by atomic mass is 16.2. The third kappa shape index (κ3) is 4.38. The average Bonchev–Trinajstić information content (AvgIpc) is 3.47. The van der Waals surface area contributed by atoms with Crippen LogP contribution in [-0.2, 0) is 13.5 Å². The molecule has 3 heterocycles. The molecule has 2 aromatic rings. The van der Waals surface area contributed by atoms with Crippen molar-refractivity contribution in [1.29, 1.82) is 0 Å². The van der Waals surface area contributed by atoms with Crippen LogP contribution >= 0.6 is 0 Å². The molecule has 0 spiro atoms. The number of urea groups is 1. The van der Waals surface area contributed by atoms with E-state index < -0.39 is 0 Å². The zero-order valence-electron chi connectivity index (χ0n) is 18.7. The third-order valence-electron chi connectivity index (χ3n) is 7.92. The summed E-state index contributed by atoms with van der Waals surface area (Å²) < 4.78 is 2.10. The molecule has 2 unspecified atom stereocenters. The van der Waals surface area contributed by atoms with E-state index in [1.54, 1.807) is 11.1 Å². The monoisotopic (exact) mass is 420 g/mol. The smallest absolute Gasteiger partial charge is 0.315 e. The quantitative estimate of drug-likeness (QED) is 0.682. The van der Waals surface area contributed by atoms with Crippen LogP contribution < -0.4 is 10.6 Å².